The molecule has 8 nitrogen and oxygen atoms in total. The van der Waals surface area contributed by atoms with Crippen LogP contribution in [-0.4, -0.2) is 48.2 Å². The lowest BCUT2D eigenvalue weighted by molar-refractivity contribution is 0.00578. The van der Waals surface area contributed by atoms with E-state index in [-0.39, 0.29) is 18.3 Å². The van der Waals surface area contributed by atoms with Crippen LogP contribution >= 0.6 is 31.9 Å². The molecule has 1 saturated heterocycles. The average Bonchev–Trinajstić information content (AvgIpc) is 1.76. The number of nitrogens with zero attached hydrogens (tertiary/aromatic N) is 6. The molecular weight excluding hydrogens is 1390 g/mol. The Bertz CT molecular complexity index is 5190. The molecule has 103 heavy (non-hydrogen) atoms. The first-order chi connectivity index (χ1) is 50.3. The maximum Gasteiger partial charge on any atom is 0.494 e. The van der Waals surface area contributed by atoms with Gasteiger partial charge in [-0.3, -0.25) is 0 Å². The summed E-state index contributed by atoms with van der Waals surface area (Å²) in [5.41, 5.74) is 19.5. The molecule has 496 valence electrons. The Morgan fingerprint density at radius 2 is 0.466 bits per heavy atom. The maximum absolute atomic E-state index is 6.20. The van der Waals surface area contributed by atoms with Gasteiger partial charge in [-0.25, -0.2) is 29.9 Å². The monoisotopic (exact) mass is 1460 g/mol. The molecule has 4 heterocycles. The minimum absolute atomic E-state index is 0.363. The molecule has 0 amide bonds. The summed E-state index contributed by atoms with van der Waals surface area (Å²) in [7, 11) is -0.380. The molecule has 0 saturated carbocycles. The summed E-state index contributed by atoms with van der Waals surface area (Å²) in [6.45, 7) is 8.27. The van der Waals surface area contributed by atoms with Crippen molar-refractivity contribution in [2.24, 2.45) is 0 Å². The Labute approximate surface area is 618 Å². The Balaban J connectivity index is 0.000000158. The number of fused-ring (bicyclic) bond motifs is 2. The molecule has 0 unspecified atom stereocenters. The molecule has 16 aromatic rings. The van der Waals surface area contributed by atoms with Crippen molar-refractivity contribution in [3.8, 4) is 124 Å². The fourth-order valence-electron chi connectivity index (χ4n) is 12.7. The molecule has 17 rings (SSSR count). The van der Waals surface area contributed by atoms with Crippen LogP contribution in [0, 0.1) is 0 Å². The highest BCUT2D eigenvalue weighted by Gasteiger charge is 2.51. The Hall–Kier alpha value is -11.4. The van der Waals surface area contributed by atoms with E-state index in [4.69, 9.17) is 39.2 Å². The van der Waals surface area contributed by atoms with Crippen LogP contribution in [-0.2, 0) is 9.31 Å². The first-order valence-corrected chi connectivity index (χ1v) is 36.0. The zero-order valence-corrected chi connectivity index (χ0v) is 60.4. The standard InChI is InChI=1S/C54H36N4.C28H27BN2O2.C10H6Br2/c1-5-15-39(16-6-1)49-35-51(57-53(55-49)43-19-9-3-10-20-43)41-31-27-37(28-32-41)45-23-13-26-48-46(24-14-25-47(45)48)38-29-33-42(34-30-38)52-36-50(40-17-7-2-8-18-40)56-54(58-52)44-21-11-4-12-22-44;1-27(2)28(3,4)33-29(32-27)23-17-15-21(16-18-23)25-19-24(20-11-7-5-8-12-20)30-26(31-25)22-13-9-6-10-14-22;11-9-5-1-3-7-8(9)4-2-6-10(7)12/h1-36H;5-19H,1-4H3;1-6H. The topological polar surface area (TPSA) is 95.8 Å². The number of hydrogen-bond acceptors (Lipinski definition) is 8. The van der Waals surface area contributed by atoms with Crippen LogP contribution in [0.4, 0.5) is 0 Å². The number of rotatable bonds is 12. The fourth-order valence-corrected chi connectivity index (χ4v) is 13.7. The zero-order chi connectivity index (χ0) is 70.3. The van der Waals surface area contributed by atoms with E-state index in [0.717, 1.165) is 110 Å². The third kappa shape index (κ3) is 15.0. The molecule has 13 aromatic carbocycles. The SMILES string of the molecule is Brc1cccc2c(Br)cccc12.CC1(C)OB(c2ccc(-c3cc(-c4ccccc4)nc(-c4ccccc4)n3)cc2)OC1(C)C.c1ccc(-c2cc(-c3ccc(-c4cccc5c(-c6ccc(-c7cc(-c8ccccc8)nc(-c8ccccc8)n7)cc6)cccc45)cc3)nc(-c3ccccc3)n2)cc1. The number of halogens is 2. The van der Waals surface area contributed by atoms with E-state index in [1.54, 1.807) is 0 Å². The lowest BCUT2D eigenvalue weighted by atomic mass is 9.79. The van der Waals surface area contributed by atoms with E-state index >= 15 is 0 Å². The van der Waals surface area contributed by atoms with Crippen molar-refractivity contribution in [3.63, 3.8) is 0 Å². The van der Waals surface area contributed by atoms with E-state index in [9.17, 15) is 0 Å². The molecule has 0 spiro atoms. The minimum Gasteiger partial charge on any atom is -0.399 e. The average molecular weight is 1460 g/mol. The van der Waals surface area contributed by atoms with Gasteiger partial charge in [0.15, 0.2) is 17.5 Å². The summed E-state index contributed by atoms with van der Waals surface area (Å²) in [6, 6.07) is 119. The third-order valence-corrected chi connectivity index (χ3v) is 20.3. The van der Waals surface area contributed by atoms with Crippen molar-refractivity contribution >= 4 is 66.0 Å². The van der Waals surface area contributed by atoms with Gasteiger partial charge >= 0.3 is 7.12 Å². The predicted octanol–water partition coefficient (Wildman–Crippen LogP) is 23.9. The van der Waals surface area contributed by atoms with Crippen molar-refractivity contribution in [1.29, 1.82) is 0 Å². The van der Waals surface area contributed by atoms with E-state index in [1.807, 2.05) is 140 Å². The highest BCUT2D eigenvalue weighted by Crippen LogP contribution is 2.40. The van der Waals surface area contributed by atoms with Gasteiger partial charge in [-0.2, -0.15) is 0 Å². The largest absolute Gasteiger partial charge is 0.494 e. The van der Waals surface area contributed by atoms with Crippen LogP contribution < -0.4 is 5.46 Å². The van der Waals surface area contributed by atoms with Gasteiger partial charge in [-0.05, 0) is 107 Å². The molecule has 0 bridgehead atoms. The lowest BCUT2D eigenvalue weighted by Crippen LogP contribution is -2.41. The van der Waals surface area contributed by atoms with Gasteiger partial charge in [-0.1, -0.05) is 347 Å². The second-order valence-corrected chi connectivity index (χ2v) is 27.9. The van der Waals surface area contributed by atoms with Crippen LogP contribution in [0.1, 0.15) is 27.7 Å². The molecular formula is C92H69BBr2N6O2. The van der Waals surface area contributed by atoms with Crippen molar-refractivity contribution in [1.82, 2.24) is 29.9 Å². The second kappa shape index (κ2) is 30.0. The molecule has 1 fully saturated rings. The molecule has 0 aliphatic carbocycles. The second-order valence-electron chi connectivity index (χ2n) is 26.2. The van der Waals surface area contributed by atoms with Crippen molar-refractivity contribution in [2.45, 2.75) is 38.9 Å². The van der Waals surface area contributed by atoms with Crippen LogP contribution in [0.15, 0.2) is 355 Å². The summed E-state index contributed by atoms with van der Waals surface area (Å²) < 4.78 is 14.7. The Kier molecular flexibility index (Phi) is 19.6. The Morgan fingerprint density at radius 1 is 0.233 bits per heavy atom. The third-order valence-electron chi connectivity index (χ3n) is 18.9. The van der Waals surface area contributed by atoms with Gasteiger partial charge in [0.25, 0.3) is 0 Å². The van der Waals surface area contributed by atoms with Gasteiger partial charge in [0.1, 0.15) is 0 Å². The quantitative estimate of drug-likeness (QED) is 0.112. The molecule has 11 heteroatoms. The van der Waals surface area contributed by atoms with Gasteiger partial charge in [0.2, 0.25) is 0 Å². The summed E-state index contributed by atoms with van der Waals surface area (Å²) in [4.78, 5) is 29.8. The highest BCUT2D eigenvalue weighted by atomic mass is 79.9. The molecule has 1 aliphatic heterocycles. The van der Waals surface area contributed by atoms with Crippen LogP contribution in [0.25, 0.3) is 146 Å². The van der Waals surface area contributed by atoms with Gasteiger partial charge in [-0.15, -0.1) is 0 Å². The van der Waals surface area contributed by atoms with E-state index in [2.05, 4.69) is 266 Å². The molecule has 0 radical (unpaired) electrons. The molecule has 1 aliphatic rings. The van der Waals surface area contributed by atoms with Crippen molar-refractivity contribution < 1.29 is 9.31 Å². The van der Waals surface area contributed by atoms with Crippen molar-refractivity contribution in [2.75, 3.05) is 0 Å². The van der Waals surface area contributed by atoms with Crippen LogP contribution in [0.2, 0.25) is 0 Å². The minimum atomic E-state index is -0.380. The van der Waals surface area contributed by atoms with Crippen LogP contribution in [0.3, 0.4) is 0 Å². The first-order valence-electron chi connectivity index (χ1n) is 34.4. The predicted molar refractivity (Wildman–Crippen MR) is 432 cm³/mol. The summed E-state index contributed by atoms with van der Waals surface area (Å²) >= 11 is 7.02. The van der Waals surface area contributed by atoms with E-state index < -0.39 is 0 Å². The molecule has 3 aromatic heterocycles. The normalized spacial score (nSPS) is 12.8. The number of benzene rings is 13. The van der Waals surface area contributed by atoms with E-state index in [0.29, 0.717) is 17.5 Å². The lowest BCUT2D eigenvalue weighted by Gasteiger charge is -2.32. The maximum atomic E-state index is 6.20. The zero-order valence-electron chi connectivity index (χ0n) is 57.2. The summed E-state index contributed by atoms with van der Waals surface area (Å²) in [5, 5.41) is 4.89. The smallest absolute Gasteiger partial charge is 0.399 e. The Morgan fingerprint density at radius 3 is 0.757 bits per heavy atom. The first kappa shape index (κ1) is 67.4. The summed E-state index contributed by atoms with van der Waals surface area (Å²) in [5.74, 6) is 2.13. The number of aromatic nitrogens is 6. The number of hydrogen-bond donors (Lipinski definition) is 0. The van der Waals surface area contributed by atoms with Crippen LogP contribution in [0.5, 0.6) is 0 Å². The summed E-state index contributed by atoms with van der Waals surface area (Å²) in [6.07, 6.45) is 0. The fraction of sp³-hybridized carbons (Fsp3) is 0.0652. The van der Waals surface area contributed by atoms with Gasteiger partial charge in [0.05, 0.1) is 45.4 Å². The van der Waals surface area contributed by atoms with Crippen molar-refractivity contribution in [3.05, 3.63) is 355 Å². The van der Waals surface area contributed by atoms with E-state index in [1.165, 1.54) is 32.7 Å². The van der Waals surface area contributed by atoms with Gasteiger partial charge in [0, 0.05) is 59.0 Å². The highest BCUT2D eigenvalue weighted by molar-refractivity contribution is 9.11. The molecule has 0 N–H and O–H groups in total. The van der Waals surface area contributed by atoms with Gasteiger partial charge < -0.3 is 9.31 Å². The molecule has 0 atom stereocenters.